The van der Waals surface area contributed by atoms with E-state index < -0.39 is 0 Å². The number of carbonyl (C=O) groups excluding carboxylic acids is 1. The van der Waals surface area contributed by atoms with Crippen LogP contribution in [0, 0.1) is 0 Å². The molecule has 2 heterocycles. The van der Waals surface area contributed by atoms with E-state index >= 15 is 0 Å². The molecule has 0 saturated carbocycles. The average molecular weight is 273 g/mol. The first-order valence-corrected chi connectivity index (χ1v) is 7.74. The van der Waals surface area contributed by atoms with Gasteiger partial charge in [-0.15, -0.1) is 0 Å². The number of fused-ring (bicyclic) bond motifs is 1. The Balaban J connectivity index is 1.62. The van der Waals surface area contributed by atoms with Crippen molar-refractivity contribution >= 4 is 5.91 Å². The van der Waals surface area contributed by atoms with Gasteiger partial charge in [0.25, 0.3) is 0 Å². The fraction of sp³-hybridized carbons (Fsp3) is 0.625. The molecule has 4 heteroatoms. The summed E-state index contributed by atoms with van der Waals surface area (Å²) in [6.45, 7) is 3.83. The molecule has 0 radical (unpaired) electrons. The van der Waals surface area contributed by atoms with Gasteiger partial charge in [0, 0.05) is 19.3 Å². The summed E-state index contributed by atoms with van der Waals surface area (Å²) in [4.78, 5) is 18.9. The lowest BCUT2D eigenvalue weighted by molar-refractivity contribution is -0.134. The van der Waals surface area contributed by atoms with Gasteiger partial charge in [0.15, 0.2) is 0 Å². The van der Waals surface area contributed by atoms with Crippen molar-refractivity contribution in [2.45, 2.75) is 51.1 Å². The Morgan fingerprint density at radius 1 is 1.40 bits per heavy atom. The number of aromatic nitrogens is 1. The summed E-state index contributed by atoms with van der Waals surface area (Å²) >= 11 is 0. The van der Waals surface area contributed by atoms with Gasteiger partial charge in [-0.3, -0.25) is 15.1 Å². The van der Waals surface area contributed by atoms with Crippen LogP contribution in [0.2, 0.25) is 0 Å². The van der Waals surface area contributed by atoms with Gasteiger partial charge in [-0.05, 0) is 50.7 Å². The van der Waals surface area contributed by atoms with Crippen molar-refractivity contribution in [3.63, 3.8) is 0 Å². The molecule has 3 rings (SSSR count). The number of likely N-dealkylation sites (tertiary alicyclic amines) is 1. The quantitative estimate of drug-likeness (QED) is 0.917. The molecule has 0 bridgehead atoms. The zero-order valence-electron chi connectivity index (χ0n) is 12.1. The summed E-state index contributed by atoms with van der Waals surface area (Å²) in [5.74, 6) is 0.245. The second kappa shape index (κ2) is 5.92. The topological polar surface area (TPSA) is 45.2 Å². The minimum atomic E-state index is -0.119. The lowest BCUT2D eigenvalue weighted by Gasteiger charge is -2.30. The summed E-state index contributed by atoms with van der Waals surface area (Å²) in [6, 6.07) is 4.24. The van der Waals surface area contributed by atoms with E-state index in [0.29, 0.717) is 0 Å². The van der Waals surface area contributed by atoms with Crippen LogP contribution in [0.15, 0.2) is 18.3 Å². The Morgan fingerprint density at radius 2 is 2.20 bits per heavy atom. The fourth-order valence-corrected chi connectivity index (χ4v) is 3.34. The van der Waals surface area contributed by atoms with Gasteiger partial charge in [-0.2, -0.15) is 0 Å². The smallest absolute Gasteiger partial charge is 0.239 e. The third-order valence-electron chi connectivity index (χ3n) is 4.45. The number of pyridine rings is 1. The predicted molar refractivity (Wildman–Crippen MR) is 78.3 cm³/mol. The van der Waals surface area contributed by atoms with Crippen molar-refractivity contribution < 1.29 is 4.79 Å². The Morgan fingerprint density at radius 3 is 3.00 bits per heavy atom. The molecule has 1 aromatic heterocycles. The second-order valence-corrected chi connectivity index (χ2v) is 5.91. The lowest BCUT2D eigenvalue weighted by atomic mass is 10.1. The van der Waals surface area contributed by atoms with Crippen LogP contribution in [-0.2, 0) is 11.2 Å². The highest BCUT2D eigenvalue weighted by Gasteiger charge is 2.28. The monoisotopic (exact) mass is 273 g/mol. The Bertz CT molecular complexity index is 482. The first-order chi connectivity index (χ1) is 9.75. The minimum Gasteiger partial charge on any atom is -0.341 e. The molecule has 1 amide bonds. The van der Waals surface area contributed by atoms with Crippen molar-refractivity contribution in [3.8, 4) is 0 Å². The van der Waals surface area contributed by atoms with E-state index in [1.54, 1.807) is 0 Å². The van der Waals surface area contributed by atoms with E-state index in [-0.39, 0.29) is 18.0 Å². The highest BCUT2D eigenvalue weighted by molar-refractivity contribution is 5.81. The number of piperidine rings is 1. The SMILES string of the molecule is CC(NC1CCc2cccnc21)C(=O)N1CCCCC1. The van der Waals surface area contributed by atoms with Crippen LogP contribution in [0.4, 0.5) is 0 Å². The van der Waals surface area contributed by atoms with Crippen LogP contribution in [0.1, 0.15) is 49.9 Å². The van der Waals surface area contributed by atoms with Crippen LogP contribution in [0.25, 0.3) is 0 Å². The summed E-state index contributed by atoms with van der Waals surface area (Å²) < 4.78 is 0. The van der Waals surface area contributed by atoms with Crippen molar-refractivity contribution in [2.75, 3.05) is 13.1 Å². The van der Waals surface area contributed by atoms with E-state index in [4.69, 9.17) is 0 Å². The van der Waals surface area contributed by atoms with Gasteiger partial charge >= 0.3 is 0 Å². The third-order valence-corrected chi connectivity index (χ3v) is 4.45. The third kappa shape index (κ3) is 2.70. The van der Waals surface area contributed by atoms with Crippen LogP contribution >= 0.6 is 0 Å². The van der Waals surface area contributed by atoms with Gasteiger partial charge in [0.1, 0.15) is 0 Å². The average Bonchev–Trinajstić information content (AvgIpc) is 2.91. The van der Waals surface area contributed by atoms with Crippen molar-refractivity contribution in [1.82, 2.24) is 15.2 Å². The normalized spacial score (nSPS) is 23.4. The van der Waals surface area contributed by atoms with Gasteiger partial charge < -0.3 is 4.90 Å². The number of nitrogens with one attached hydrogen (secondary N) is 1. The lowest BCUT2D eigenvalue weighted by Crippen LogP contribution is -2.47. The van der Waals surface area contributed by atoms with Gasteiger partial charge in [0.2, 0.25) is 5.91 Å². The first-order valence-electron chi connectivity index (χ1n) is 7.74. The van der Waals surface area contributed by atoms with E-state index in [0.717, 1.165) is 44.5 Å². The summed E-state index contributed by atoms with van der Waals surface area (Å²) in [5.41, 5.74) is 2.45. The Hall–Kier alpha value is -1.42. The highest BCUT2D eigenvalue weighted by atomic mass is 16.2. The van der Waals surface area contributed by atoms with Gasteiger partial charge in [0.05, 0.1) is 17.8 Å². The van der Waals surface area contributed by atoms with Crippen LogP contribution in [-0.4, -0.2) is 34.9 Å². The maximum absolute atomic E-state index is 12.4. The summed E-state index contributed by atoms with van der Waals surface area (Å²) in [7, 11) is 0. The molecule has 2 aliphatic rings. The number of hydrogen-bond donors (Lipinski definition) is 1. The number of aryl methyl sites for hydroxylation is 1. The standard InChI is InChI=1S/C16H23N3O/c1-12(16(20)19-10-3-2-4-11-19)18-14-8-7-13-6-5-9-17-15(13)14/h5-6,9,12,14,18H,2-4,7-8,10-11H2,1H3. The maximum Gasteiger partial charge on any atom is 0.239 e. The minimum absolute atomic E-state index is 0.119. The molecule has 1 N–H and O–H groups in total. The van der Waals surface area contributed by atoms with E-state index in [1.165, 1.54) is 12.0 Å². The fourth-order valence-electron chi connectivity index (χ4n) is 3.34. The van der Waals surface area contributed by atoms with Crippen LogP contribution < -0.4 is 5.32 Å². The molecule has 4 nitrogen and oxygen atoms in total. The molecule has 20 heavy (non-hydrogen) atoms. The zero-order valence-corrected chi connectivity index (χ0v) is 12.1. The first kappa shape index (κ1) is 13.6. The molecule has 1 aliphatic heterocycles. The highest BCUT2D eigenvalue weighted by Crippen LogP contribution is 2.29. The molecule has 0 aromatic carbocycles. The van der Waals surface area contributed by atoms with E-state index in [9.17, 15) is 4.79 Å². The maximum atomic E-state index is 12.4. The van der Waals surface area contributed by atoms with Gasteiger partial charge in [-0.1, -0.05) is 6.07 Å². The largest absolute Gasteiger partial charge is 0.341 e. The predicted octanol–water partition coefficient (Wildman–Crippen LogP) is 2.06. The number of hydrogen-bond acceptors (Lipinski definition) is 3. The number of carbonyl (C=O) groups is 1. The Kier molecular flexibility index (Phi) is 4.01. The molecular weight excluding hydrogens is 250 g/mol. The number of amides is 1. The molecule has 108 valence electrons. The zero-order chi connectivity index (χ0) is 13.9. The molecule has 1 aliphatic carbocycles. The molecule has 0 spiro atoms. The molecule has 2 atom stereocenters. The van der Waals surface area contributed by atoms with Gasteiger partial charge in [-0.25, -0.2) is 0 Å². The Labute approximate surface area is 120 Å². The van der Waals surface area contributed by atoms with Crippen molar-refractivity contribution in [3.05, 3.63) is 29.6 Å². The van der Waals surface area contributed by atoms with Crippen molar-refractivity contribution in [1.29, 1.82) is 0 Å². The van der Waals surface area contributed by atoms with Crippen molar-refractivity contribution in [2.24, 2.45) is 0 Å². The summed E-state index contributed by atoms with van der Waals surface area (Å²) in [6.07, 6.45) is 7.50. The van der Waals surface area contributed by atoms with E-state index in [1.807, 2.05) is 24.1 Å². The summed E-state index contributed by atoms with van der Waals surface area (Å²) in [5, 5.41) is 3.48. The van der Waals surface area contributed by atoms with Crippen LogP contribution in [0.5, 0.6) is 0 Å². The van der Waals surface area contributed by atoms with E-state index in [2.05, 4.69) is 16.4 Å². The molecule has 1 saturated heterocycles. The molecule has 2 unspecified atom stereocenters. The number of nitrogens with zero attached hydrogens (tertiary/aromatic N) is 2. The molecule has 1 fully saturated rings. The molecular formula is C16H23N3O. The second-order valence-electron chi connectivity index (χ2n) is 5.91. The van der Waals surface area contributed by atoms with Crippen LogP contribution in [0.3, 0.4) is 0 Å². The number of rotatable bonds is 3. The molecule has 1 aromatic rings.